The standard InChI is InChI=1S/C22H16O5/c1-14(23)15-6-8-16(9-7-15)26-22(24)13-25-17-10-11-21-19(12-17)18-4-2-3-5-20(18)27-21/h2-12H,13H2,1H3. The van der Waals surface area contributed by atoms with Gasteiger partial charge < -0.3 is 13.9 Å². The summed E-state index contributed by atoms with van der Waals surface area (Å²) in [5.41, 5.74) is 2.13. The maximum atomic E-state index is 12.0. The van der Waals surface area contributed by atoms with Crippen molar-refractivity contribution in [3.05, 3.63) is 72.3 Å². The minimum absolute atomic E-state index is 0.0432. The third-order valence-electron chi connectivity index (χ3n) is 4.20. The summed E-state index contributed by atoms with van der Waals surface area (Å²) in [5.74, 6) is 0.351. The van der Waals surface area contributed by atoms with Gasteiger partial charge >= 0.3 is 5.97 Å². The molecule has 4 rings (SSSR count). The lowest BCUT2D eigenvalue weighted by Crippen LogP contribution is -2.17. The fourth-order valence-corrected chi connectivity index (χ4v) is 2.86. The van der Waals surface area contributed by atoms with Crippen molar-refractivity contribution in [3.63, 3.8) is 0 Å². The largest absolute Gasteiger partial charge is 0.482 e. The molecule has 27 heavy (non-hydrogen) atoms. The maximum absolute atomic E-state index is 12.0. The van der Waals surface area contributed by atoms with Crippen LogP contribution in [0.4, 0.5) is 0 Å². The van der Waals surface area contributed by atoms with Gasteiger partial charge in [-0.3, -0.25) is 4.79 Å². The fraction of sp³-hybridized carbons (Fsp3) is 0.0909. The van der Waals surface area contributed by atoms with Gasteiger partial charge in [0.05, 0.1) is 0 Å². The van der Waals surface area contributed by atoms with Gasteiger partial charge in [-0.2, -0.15) is 0 Å². The number of rotatable bonds is 5. The van der Waals surface area contributed by atoms with Crippen LogP contribution in [-0.4, -0.2) is 18.4 Å². The Balaban J connectivity index is 1.44. The zero-order chi connectivity index (χ0) is 18.8. The number of para-hydroxylation sites is 1. The zero-order valence-electron chi connectivity index (χ0n) is 14.6. The van der Waals surface area contributed by atoms with Gasteiger partial charge in [0.2, 0.25) is 0 Å². The number of fused-ring (bicyclic) bond motifs is 3. The molecule has 134 valence electrons. The first-order valence-electron chi connectivity index (χ1n) is 8.46. The summed E-state index contributed by atoms with van der Waals surface area (Å²) in [6, 6.07) is 19.5. The first-order chi connectivity index (χ1) is 13.1. The quantitative estimate of drug-likeness (QED) is 0.291. The second kappa shape index (κ2) is 6.96. The van der Waals surface area contributed by atoms with Crippen molar-refractivity contribution >= 4 is 33.7 Å². The van der Waals surface area contributed by atoms with Crippen molar-refractivity contribution in [2.24, 2.45) is 0 Å². The Hall–Kier alpha value is -3.60. The number of ketones is 1. The molecule has 0 N–H and O–H groups in total. The lowest BCUT2D eigenvalue weighted by molar-refractivity contribution is -0.136. The molecule has 0 aliphatic carbocycles. The Morgan fingerprint density at radius 1 is 0.852 bits per heavy atom. The Morgan fingerprint density at radius 3 is 2.33 bits per heavy atom. The van der Waals surface area contributed by atoms with Gasteiger partial charge in [0, 0.05) is 16.3 Å². The van der Waals surface area contributed by atoms with Crippen LogP contribution in [0.2, 0.25) is 0 Å². The van der Waals surface area contributed by atoms with Crippen molar-refractivity contribution in [2.45, 2.75) is 6.92 Å². The van der Waals surface area contributed by atoms with Crippen LogP contribution in [-0.2, 0) is 4.79 Å². The summed E-state index contributed by atoms with van der Waals surface area (Å²) in [4.78, 5) is 23.3. The SMILES string of the molecule is CC(=O)c1ccc(OC(=O)COc2ccc3oc4ccccc4c3c2)cc1. The van der Waals surface area contributed by atoms with Gasteiger partial charge in [0.15, 0.2) is 12.4 Å². The molecule has 0 unspecified atom stereocenters. The normalized spacial score (nSPS) is 10.9. The second-order valence-corrected chi connectivity index (χ2v) is 6.10. The van der Waals surface area contributed by atoms with Gasteiger partial charge in [-0.1, -0.05) is 18.2 Å². The minimum Gasteiger partial charge on any atom is -0.482 e. The number of carbonyl (C=O) groups is 2. The van der Waals surface area contributed by atoms with Gasteiger partial charge in [-0.05, 0) is 55.5 Å². The molecule has 0 aliphatic rings. The van der Waals surface area contributed by atoms with Gasteiger partial charge in [-0.25, -0.2) is 4.79 Å². The molecule has 0 bridgehead atoms. The Kier molecular flexibility index (Phi) is 4.34. The first-order valence-corrected chi connectivity index (χ1v) is 8.46. The molecule has 0 aliphatic heterocycles. The number of hydrogen-bond donors (Lipinski definition) is 0. The van der Waals surface area contributed by atoms with E-state index in [1.807, 2.05) is 36.4 Å². The average Bonchev–Trinajstić information content (AvgIpc) is 3.05. The molecule has 5 nitrogen and oxygen atoms in total. The highest BCUT2D eigenvalue weighted by Gasteiger charge is 2.10. The molecular weight excluding hydrogens is 344 g/mol. The van der Waals surface area contributed by atoms with Crippen LogP contribution in [0.15, 0.2) is 71.1 Å². The van der Waals surface area contributed by atoms with Crippen molar-refractivity contribution in [1.82, 2.24) is 0 Å². The molecule has 0 atom stereocenters. The molecule has 0 saturated carbocycles. The van der Waals surface area contributed by atoms with Crippen LogP contribution in [0, 0.1) is 0 Å². The number of esters is 1. The van der Waals surface area contributed by atoms with Gasteiger partial charge in [0.25, 0.3) is 0 Å². The molecule has 1 heterocycles. The average molecular weight is 360 g/mol. The summed E-state index contributed by atoms with van der Waals surface area (Å²) in [5, 5.41) is 1.92. The predicted molar refractivity (Wildman–Crippen MR) is 101 cm³/mol. The van der Waals surface area contributed by atoms with Crippen molar-refractivity contribution in [1.29, 1.82) is 0 Å². The number of Topliss-reactive ketones (excluding diaryl/α,β-unsaturated/α-hetero) is 1. The van der Waals surface area contributed by atoms with Crippen LogP contribution in [0.5, 0.6) is 11.5 Å². The van der Waals surface area contributed by atoms with E-state index in [0.717, 1.165) is 21.9 Å². The number of benzene rings is 3. The molecule has 0 fully saturated rings. The van der Waals surface area contributed by atoms with E-state index >= 15 is 0 Å². The molecule has 4 aromatic rings. The van der Waals surface area contributed by atoms with Crippen LogP contribution < -0.4 is 9.47 Å². The predicted octanol–water partition coefficient (Wildman–Crippen LogP) is 4.77. The fourth-order valence-electron chi connectivity index (χ4n) is 2.86. The van der Waals surface area contributed by atoms with E-state index in [0.29, 0.717) is 17.1 Å². The summed E-state index contributed by atoms with van der Waals surface area (Å²) >= 11 is 0. The Bertz CT molecular complexity index is 1140. The highest BCUT2D eigenvalue weighted by atomic mass is 16.6. The van der Waals surface area contributed by atoms with E-state index in [1.54, 1.807) is 30.3 Å². The minimum atomic E-state index is -0.525. The van der Waals surface area contributed by atoms with E-state index in [4.69, 9.17) is 13.9 Å². The third kappa shape index (κ3) is 3.53. The highest BCUT2D eigenvalue weighted by Crippen LogP contribution is 2.31. The lowest BCUT2D eigenvalue weighted by atomic mass is 10.1. The second-order valence-electron chi connectivity index (χ2n) is 6.10. The molecule has 0 saturated heterocycles. The molecule has 0 amide bonds. The van der Waals surface area contributed by atoms with Crippen LogP contribution in [0.1, 0.15) is 17.3 Å². The third-order valence-corrected chi connectivity index (χ3v) is 4.20. The Morgan fingerprint density at radius 2 is 1.56 bits per heavy atom. The van der Waals surface area contributed by atoms with E-state index in [9.17, 15) is 9.59 Å². The number of carbonyl (C=O) groups excluding carboxylic acids is 2. The van der Waals surface area contributed by atoms with Crippen molar-refractivity contribution in [3.8, 4) is 11.5 Å². The van der Waals surface area contributed by atoms with Crippen molar-refractivity contribution < 1.29 is 23.5 Å². The first kappa shape index (κ1) is 16.8. The molecule has 1 aromatic heterocycles. The van der Waals surface area contributed by atoms with Crippen molar-refractivity contribution in [2.75, 3.05) is 6.61 Å². The monoisotopic (exact) mass is 360 g/mol. The van der Waals surface area contributed by atoms with Crippen LogP contribution in [0.3, 0.4) is 0 Å². The van der Waals surface area contributed by atoms with Crippen LogP contribution >= 0.6 is 0 Å². The maximum Gasteiger partial charge on any atom is 0.349 e. The van der Waals surface area contributed by atoms with E-state index < -0.39 is 5.97 Å². The molecule has 0 spiro atoms. The van der Waals surface area contributed by atoms with E-state index in [1.165, 1.54) is 6.92 Å². The molecule has 5 heteroatoms. The summed E-state index contributed by atoms with van der Waals surface area (Å²) in [6.07, 6.45) is 0. The molecular formula is C22H16O5. The van der Waals surface area contributed by atoms with Crippen LogP contribution in [0.25, 0.3) is 21.9 Å². The van der Waals surface area contributed by atoms with Gasteiger partial charge in [0.1, 0.15) is 22.7 Å². The number of hydrogen-bond acceptors (Lipinski definition) is 5. The van der Waals surface area contributed by atoms with E-state index in [-0.39, 0.29) is 12.4 Å². The van der Waals surface area contributed by atoms with Gasteiger partial charge in [-0.15, -0.1) is 0 Å². The molecule has 3 aromatic carbocycles. The number of ether oxygens (including phenoxy) is 2. The molecule has 0 radical (unpaired) electrons. The highest BCUT2D eigenvalue weighted by molar-refractivity contribution is 6.05. The Labute approximate surface area is 155 Å². The summed E-state index contributed by atoms with van der Waals surface area (Å²) < 4.78 is 16.5. The lowest BCUT2D eigenvalue weighted by Gasteiger charge is -2.07. The topological polar surface area (TPSA) is 65.7 Å². The summed E-state index contributed by atoms with van der Waals surface area (Å²) in [6.45, 7) is 1.25. The number of furan rings is 1. The van der Waals surface area contributed by atoms with E-state index in [2.05, 4.69) is 0 Å². The smallest absolute Gasteiger partial charge is 0.349 e. The zero-order valence-corrected chi connectivity index (χ0v) is 14.6. The summed E-state index contributed by atoms with van der Waals surface area (Å²) in [7, 11) is 0.